The Bertz CT molecular complexity index is 781. The number of β-amino-alcohol motifs (C(OH)–C–C–N with tert-alkyl or cyclic N) is 1. The van der Waals surface area contributed by atoms with Crippen molar-refractivity contribution in [3.63, 3.8) is 0 Å². The molecule has 1 aliphatic rings. The fourth-order valence-electron chi connectivity index (χ4n) is 3.27. The number of carbonyl (C=O) groups is 1. The van der Waals surface area contributed by atoms with Gasteiger partial charge in [-0.05, 0) is 42.3 Å². The van der Waals surface area contributed by atoms with Crippen molar-refractivity contribution in [2.24, 2.45) is 0 Å². The van der Waals surface area contributed by atoms with Crippen LogP contribution in [0.25, 0.3) is 0 Å². The highest BCUT2D eigenvalue weighted by Gasteiger charge is 2.35. The molecule has 2 aromatic carbocycles. The first-order chi connectivity index (χ1) is 12.0. The van der Waals surface area contributed by atoms with E-state index < -0.39 is 23.8 Å². The lowest BCUT2D eigenvalue weighted by Crippen LogP contribution is -2.33. The molecule has 0 aliphatic carbocycles. The molecule has 2 atom stereocenters. The van der Waals surface area contributed by atoms with Gasteiger partial charge in [0.15, 0.2) is 0 Å². The average Bonchev–Trinajstić information content (AvgIpc) is 2.97. The van der Waals surface area contributed by atoms with E-state index in [9.17, 15) is 18.7 Å². The number of halogens is 2. The Morgan fingerprint density at radius 1 is 1.24 bits per heavy atom. The summed E-state index contributed by atoms with van der Waals surface area (Å²) in [7, 11) is 1.45. The zero-order valence-electron chi connectivity index (χ0n) is 13.8. The van der Waals surface area contributed by atoms with Crippen LogP contribution in [0.2, 0.25) is 0 Å². The molecule has 1 fully saturated rings. The Morgan fingerprint density at radius 3 is 2.72 bits per heavy atom. The van der Waals surface area contributed by atoms with Gasteiger partial charge in [0, 0.05) is 12.1 Å². The van der Waals surface area contributed by atoms with Crippen LogP contribution >= 0.6 is 0 Å². The van der Waals surface area contributed by atoms with E-state index in [2.05, 4.69) is 0 Å². The van der Waals surface area contributed by atoms with E-state index in [-0.39, 0.29) is 18.9 Å². The van der Waals surface area contributed by atoms with Gasteiger partial charge in [0.25, 0.3) is 0 Å². The maximum atomic E-state index is 13.5. The zero-order chi connectivity index (χ0) is 18.0. The van der Waals surface area contributed by atoms with Gasteiger partial charge in [-0.15, -0.1) is 0 Å². The minimum absolute atomic E-state index is 0.0561. The first-order valence-electron chi connectivity index (χ1n) is 8.03. The largest absolute Gasteiger partial charge is 0.496 e. The molecule has 3 rings (SSSR count). The van der Waals surface area contributed by atoms with Gasteiger partial charge in [-0.3, -0.25) is 4.79 Å². The number of ether oxygens (including phenoxy) is 1. The lowest BCUT2D eigenvalue weighted by molar-refractivity contribution is -0.131. The van der Waals surface area contributed by atoms with Gasteiger partial charge in [-0.25, -0.2) is 8.78 Å². The van der Waals surface area contributed by atoms with Crippen LogP contribution in [-0.4, -0.2) is 35.7 Å². The number of aliphatic hydroxyl groups is 1. The molecule has 1 saturated heterocycles. The average molecular weight is 347 g/mol. The number of benzene rings is 2. The Kier molecular flexibility index (Phi) is 4.99. The van der Waals surface area contributed by atoms with Crippen LogP contribution in [0.1, 0.15) is 23.6 Å². The molecule has 1 aliphatic heterocycles. The summed E-state index contributed by atoms with van der Waals surface area (Å²) >= 11 is 0. The summed E-state index contributed by atoms with van der Waals surface area (Å²) in [6.45, 7) is 0.164. The molecule has 0 radical (unpaired) electrons. The number of amides is 1. The molecule has 1 amide bonds. The summed E-state index contributed by atoms with van der Waals surface area (Å²) < 4.78 is 32.2. The molecule has 0 aromatic heterocycles. The van der Waals surface area contributed by atoms with Crippen molar-refractivity contribution in [2.45, 2.75) is 25.0 Å². The second-order valence-corrected chi connectivity index (χ2v) is 6.14. The predicted molar refractivity (Wildman–Crippen MR) is 88.1 cm³/mol. The molecule has 1 N–H and O–H groups in total. The van der Waals surface area contributed by atoms with Gasteiger partial charge in [0.05, 0.1) is 25.7 Å². The van der Waals surface area contributed by atoms with Crippen molar-refractivity contribution in [3.8, 4) is 5.75 Å². The first kappa shape index (κ1) is 17.4. The Balaban J connectivity index is 1.84. The SMILES string of the molecule is COc1ccc(F)cc1CC(=O)N1C[C@H](O)C[C@@H]1c1cccc(F)c1. The highest BCUT2D eigenvalue weighted by atomic mass is 19.1. The van der Waals surface area contributed by atoms with Gasteiger partial charge in [0.1, 0.15) is 17.4 Å². The van der Waals surface area contributed by atoms with E-state index >= 15 is 0 Å². The molecule has 0 bridgehead atoms. The fraction of sp³-hybridized carbons (Fsp3) is 0.316. The zero-order valence-corrected chi connectivity index (χ0v) is 13.8. The third-order valence-corrected chi connectivity index (χ3v) is 4.42. The van der Waals surface area contributed by atoms with Crippen molar-refractivity contribution in [2.75, 3.05) is 13.7 Å². The van der Waals surface area contributed by atoms with Crippen LogP contribution in [0.4, 0.5) is 8.78 Å². The number of rotatable bonds is 4. The topological polar surface area (TPSA) is 49.8 Å². The summed E-state index contributed by atoms with van der Waals surface area (Å²) in [6, 6.07) is 9.61. The second kappa shape index (κ2) is 7.19. The summed E-state index contributed by atoms with van der Waals surface area (Å²) in [5, 5.41) is 9.99. The number of likely N-dealkylation sites (tertiary alicyclic amines) is 1. The quantitative estimate of drug-likeness (QED) is 0.925. The highest BCUT2D eigenvalue weighted by Crippen LogP contribution is 2.33. The maximum absolute atomic E-state index is 13.5. The molecule has 132 valence electrons. The molecular weight excluding hydrogens is 328 g/mol. The van der Waals surface area contributed by atoms with Gasteiger partial charge in [0.2, 0.25) is 5.91 Å². The minimum Gasteiger partial charge on any atom is -0.496 e. The molecule has 0 spiro atoms. The van der Waals surface area contributed by atoms with E-state index in [1.54, 1.807) is 12.1 Å². The third-order valence-electron chi connectivity index (χ3n) is 4.42. The molecular formula is C19H19F2NO3. The van der Waals surface area contributed by atoms with E-state index in [1.165, 1.54) is 42.3 Å². The Morgan fingerprint density at radius 2 is 2.00 bits per heavy atom. The van der Waals surface area contributed by atoms with Crippen LogP contribution in [0.3, 0.4) is 0 Å². The van der Waals surface area contributed by atoms with Crippen LogP contribution < -0.4 is 4.74 Å². The smallest absolute Gasteiger partial charge is 0.227 e. The molecule has 25 heavy (non-hydrogen) atoms. The Hall–Kier alpha value is -2.47. The molecule has 6 heteroatoms. The summed E-state index contributed by atoms with van der Waals surface area (Å²) in [6.07, 6.45) is -0.388. The molecule has 1 heterocycles. The fourth-order valence-corrected chi connectivity index (χ4v) is 3.27. The van der Waals surface area contributed by atoms with Crippen molar-refractivity contribution in [1.29, 1.82) is 0 Å². The molecule has 0 saturated carbocycles. The summed E-state index contributed by atoms with van der Waals surface area (Å²) in [5.41, 5.74) is 1.07. The maximum Gasteiger partial charge on any atom is 0.227 e. The van der Waals surface area contributed by atoms with E-state index in [0.29, 0.717) is 23.3 Å². The van der Waals surface area contributed by atoms with Gasteiger partial charge >= 0.3 is 0 Å². The van der Waals surface area contributed by atoms with Crippen LogP contribution in [0.15, 0.2) is 42.5 Å². The summed E-state index contributed by atoms with van der Waals surface area (Å²) in [5.74, 6) is -0.684. The number of carbonyl (C=O) groups excluding carboxylic acids is 1. The molecule has 0 unspecified atom stereocenters. The normalized spacial score (nSPS) is 19.9. The highest BCUT2D eigenvalue weighted by molar-refractivity contribution is 5.80. The number of aliphatic hydroxyl groups excluding tert-OH is 1. The number of methoxy groups -OCH3 is 1. The predicted octanol–water partition coefficient (Wildman–Crippen LogP) is 2.85. The van der Waals surface area contributed by atoms with Gasteiger partial charge < -0.3 is 14.7 Å². The van der Waals surface area contributed by atoms with Crippen molar-refractivity contribution in [1.82, 2.24) is 4.90 Å². The van der Waals surface area contributed by atoms with E-state index in [1.807, 2.05) is 0 Å². The van der Waals surface area contributed by atoms with Gasteiger partial charge in [-0.1, -0.05) is 12.1 Å². The minimum atomic E-state index is -0.674. The van der Waals surface area contributed by atoms with Crippen LogP contribution in [0.5, 0.6) is 5.75 Å². The standard InChI is InChI=1S/C19H19F2NO3/c1-25-18-6-5-15(21)8-13(18)9-19(24)22-11-16(23)10-17(22)12-3-2-4-14(20)7-12/h2-8,16-17,23H,9-11H2,1H3/t16-,17-/m1/s1. The summed E-state index contributed by atoms with van der Waals surface area (Å²) in [4.78, 5) is 14.3. The van der Waals surface area contributed by atoms with E-state index in [4.69, 9.17) is 4.74 Å². The lowest BCUT2D eigenvalue weighted by atomic mass is 10.0. The number of hydrogen-bond acceptors (Lipinski definition) is 3. The molecule has 4 nitrogen and oxygen atoms in total. The number of hydrogen-bond donors (Lipinski definition) is 1. The first-order valence-corrected chi connectivity index (χ1v) is 8.03. The third kappa shape index (κ3) is 3.79. The van der Waals surface area contributed by atoms with Crippen molar-refractivity contribution >= 4 is 5.91 Å². The van der Waals surface area contributed by atoms with Crippen LogP contribution in [0, 0.1) is 11.6 Å². The monoisotopic (exact) mass is 347 g/mol. The Labute approximate surface area is 144 Å². The van der Waals surface area contributed by atoms with Gasteiger partial charge in [-0.2, -0.15) is 0 Å². The van der Waals surface area contributed by atoms with E-state index in [0.717, 1.165) is 0 Å². The van der Waals surface area contributed by atoms with Crippen molar-refractivity contribution in [3.05, 3.63) is 65.2 Å². The molecule has 2 aromatic rings. The lowest BCUT2D eigenvalue weighted by Gasteiger charge is -2.25. The van der Waals surface area contributed by atoms with Crippen molar-refractivity contribution < 1.29 is 23.4 Å². The van der Waals surface area contributed by atoms with Crippen LogP contribution in [-0.2, 0) is 11.2 Å². The second-order valence-electron chi connectivity index (χ2n) is 6.14. The number of nitrogens with zero attached hydrogens (tertiary/aromatic N) is 1.